The largest absolute Gasteiger partial charge is 0.464 e. The zero-order chi connectivity index (χ0) is 12.7. The van der Waals surface area contributed by atoms with E-state index in [2.05, 4.69) is 13.8 Å². The molecule has 2 fully saturated rings. The first-order chi connectivity index (χ1) is 8.02. The molecular weight excluding hydrogens is 216 g/mol. The Hall–Kier alpha value is -0.570. The maximum absolute atomic E-state index is 12.1. The molecule has 1 heterocycles. The molecule has 0 radical (unpaired) electrons. The quantitative estimate of drug-likeness (QED) is 0.562. The van der Waals surface area contributed by atoms with E-state index in [9.17, 15) is 4.79 Å². The Labute approximate surface area is 104 Å². The van der Waals surface area contributed by atoms with Gasteiger partial charge in [0.1, 0.15) is 5.60 Å². The van der Waals surface area contributed by atoms with Gasteiger partial charge in [-0.3, -0.25) is 0 Å². The lowest BCUT2D eigenvalue weighted by atomic mass is 9.69. The Bertz CT molecular complexity index is 315. The number of carbonyl (C=O) groups is 1. The summed E-state index contributed by atoms with van der Waals surface area (Å²) in [4.78, 5) is 12.1. The Morgan fingerprint density at radius 3 is 2.65 bits per heavy atom. The van der Waals surface area contributed by atoms with Gasteiger partial charge in [-0.1, -0.05) is 27.2 Å². The maximum Gasteiger partial charge on any atom is 0.341 e. The van der Waals surface area contributed by atoms with Crippen molar-refractivity contribution in [3.63, 3.8) is 0 Å². The highest BCUT2D eigenvalue weighted by Crippen LogP contribution is 2.62. The molecule has 98 valence electrons. The minimum atomic E-state index is -0.642. The van der Waals surface area contributed by atoms with Crippen LogP contribution in [0.5, 0.6) is 0 Å². The third kappa shape index (κ3) is 1.70. The van der Waals surface area contributed by atoms with Crippen LogP contribution in [0.25, 0.3) is 0 Å². The van der Waals surface area contributed by atoms with E-state index in [-0.39, 0.29) is 11.6 Å². The second kappa shape index (κ2) is 4.27. The third-order valence-electron chi connectivity index (χ3n) is 4.64. The van der Waals surface area contributed by atoms with Crippen LogP contribution in [0, 0.1) is 11.8 Å². The van der Waals surface area contributed by atoms with Crippen LogP contribution in [0.3, 0.4) is 0 Å². The number of rotatable bonds is 3. The van der Waals surface area contributed by atoms with Crippen LogP contribution < -0.4 is 0 Å². The smallest absolute Gasteiger partial charge is 0.341 e. The van der Waals surface area contributed by atoms with Crippen molar-refractivity contribution >= 4 is 5.97 Å². The fraction of sp³-hybridized carbons (Fsp3) is 0.929. The molecule has 0 aromatic rings. The van der Waals surface area contributed by atoms with Gasteiger partial charge in [0.05, 0.1) is 6.61 Å². The van der Waals surface area contributed by atoms with Gasteiger partial charge in [-0.25, -0.2) is 4.79 Å². The topological polar surface area (TPSA) is 38.8 Å². The summed E-state index contributed by atoms with van der Waals surface area (Å²) in [5.74, 6) is 0.959. The first-order valence-corrected chi connectivity index (χ1v) is 6.89. The lowest BCUT2D eigenvalue weighted by Gasteiger charge is -2.32. The second-order valence-corrected chi connectivity index (χ2v) is 5.68. The predicted octanol–water partition coefficient (Wildman–Crippen LogP) is 2.92. The molecule has 0 bridgehead atoms. The number of hydrogen-bond acceptors (Lipinski definition) is 3. The van der Waals surface area contributed by atoms with E-state index in [4.69, 9.17) is 9.47 Å². The zero-order valence-electron chi connectivity index (χ0n) is 11.4. The second-order valence-electron chi connectivity index (χ2n) is 5.68. The van der Waals surface area contributed by atoms with Crippen molar-refractivity contribution in [3.8, 4) is 0 Å². The summed E-state index contributed by atoms with van der Waals surface area (Å²) in [5, 5.41) is 0. The maximum atomic E-state index is 12.1. The highest BCUT2D eigenvalue weighted by atomic mass is 16.7. The van der Waals surface area contributed by atoms with Crippen molar-refractivity contribution < 1.29 is 14.3 Å². The zero-order valence-corrected chi connectivity index (χ0v) is 11.4. The molecule has 3 heteroatoms. The van der Waals surface area contributed by atoms with Crippen LogP contribution in [0.1, 0.15) is 53.4 Å². The average molecular weight is 240 g/mol. The molecule has 4 unspecified atom stereocenters. The molecule has 1 saturated carbocycles. The number of esters is 1. The lowest BCUT2D eigenvalue weighted by Crippen LogP contribution is -2.42. The van der Waals surface area contributed by atoms with Crippen LogP contribution in [0.15, 0.2) is 0 Å². The van der Waals surface area contributed by atoms with Gasteiger partial charge in [0.25, 0.3) is 0 Å². The average Bonchev–Trinajstić information content (AvgIpc) is 2.95. The Morgan fingerprint density at radius 2 is 2.06 bits per heavy atom. The van der Waals surface area contributed by atoms with Gasteiger partial charge in [-0.05, 0) is 38.0 Å². The van der Waals surface area contributed by atoms with Gasteiger partial charge >= 0.3 is 5.97 Å². The summed E-state index contributed by atoms with van der Waals surface area (Å²) in [7, 11) is 0. The molecule has 17 heavy (non-hydrogen) atoms. The molecule has 0 aromatic heterocycles. The Kier molecular flexibility index (Phi) is 3.23. The molecule has 0 amide bonds. The summed E-state index contributed by atoms with van der Waals surface area (Å²) >= 11 is 0. The highest BCUT2D eigenvalue weighted by Gasteiger charge is 2.76. The number of epoxide rings is 1. The molecule has 1 aliphatic heterocycles. The summed E-state index contributed by atoms with van der Waals surface area (Å²) in [5.41, 5.74) is -0.872. The molecule has 2 aliphatic rings. The highest BCUT2D eigenvalue weighted by molar-refractivity contribution is 5.85. The molecule has 1 spiro atoms. The van der Waals surface area contributed by atoms with Crippen LogP contribution in [-0.4, -0.2) is 23.8 Å². The van der Waals surface area contributed by atoms with Gasteiger partial charge in [-0.15, -0.1) is 0 Å². The first kappa shape index (κ1) is 12.9. The summed E-state index contributed by atoms with van der Waals surface area (Å²) in [6.07, 6.45) is 4.13. The van der Waals surface area contributed by atoms with Crippen LogP contribution >= 0.6 is 0 Å². The standard InChI is InChI=1S/C14H24O3/c1-5-13(12(15)16-6-2)14(17-13)9-10(3)7-8-11(14)4/h10-11H,5-9H2,1-4H3. The van der Waals surface area contributed by atoms with Gasteiger partial charge in [-0.2, -0.15) is 0 Å². The van der Waals surface area contributed by atoms with Crippen molar-refractivity contribution in [3.05, 3.63) is 0 Å². The van der Waals surface area contributed by atoms with E-state index >= 15 is 0 Å². The van der Waals surface area contributed by atoms with Crippen molar-refractivity contribution in [1.29, 1.82) is 0 Å². The van der Waals surface area contributed by atoms with E-state index in [0.717, 1.165) is 19.3 Å². The molecule has 0 aromatic carbocycles. The van der Waals surface area contributed by atoms with Crippen LogP contribution in [0.2, 0.25) is 0 Å². The number of carbonyl (C=O) groups excluding carboxylic acids is 1. The van der Waals surface area contributed by atoms with E-state index in [1.54, 1.807) is 0 Å². The normalized spacial score (nSPS) is 44.7. The predicted molar refractivity (Wildman–Crippen MR) is 65.7 cm³/mol. The molecule has 3 nitrogen and oxygen atoms in total. The van der Waals surface area contributed by atoms with Crippen molar-refractivity contribution in [1.82, 2.24) is 0 Å². The van der Waals surface area contributed by atoms with E-state index in [1.165, 1.54) is 6.42 Å². The molecule has 4 atom stereocenters. The SMILES string of the molecule is CCOC(=O)C1(CC)OC12CC(C)CCC2C. The molecule has 2 rings (SSSR count). The van der Waals surface area contributed by atoms with Crippen molar-refractivity contribution in [2.24, 2.45) is 11.8 Å². The van der Waals surface area contributed by atoms with E-state index < -0.39 is 5.60 Å². The van der Waals surface area contributed by atoms with Gasteiger partial charge in [0.15, 0.2) is 5.60 Å². The van der Waals surface area contributed by atoms with E-state index in [0.29, 0.717) is 18.4 Å². The number of ether oxygens (including phenoxy) is 2. The Balaban J connectivity index is 2.20. The van der Waals surface area contributed by atoms with Crippen LogP contribution in [0.4, 0.5) is 0 Å². The van der Waals surface area contributed by atoms with Gasteiger partial charge in [0, 0.05) is 0 Å². The van der Waals surface area contributed by atoms with Crippen molar-refractivity contribution in [2.75, 3.05) is 6.61 Å². The fourth-order valence-corrected chi connectivity index (χ4v) is 3.56. The molecular formula is C14H24O3. The van der Waals surface area contributed by atoms with Gasteiger partial charge < -0.3 is 9.47 Å². The summed E-state index contributed by atoms with van der Waals surface area (Å²) < 4.78 is 11.2. The fourth-order valence-electron chi connectivity index (χ4n) is 3.56. The minimum Gasteiger partial charge on any atom is -0.464 e. The van der Waals surface area contributed by atoms with Crippen molar-refractivity contribution in [2.45, 2.75) is 64.6 Å². The summed E-state index contributed by atoms with van der Waals surface area (Å²) in [6.45, 7) is 8.77. The first-order valence-electron chi connectivity index (χ1n) is 6.89. The van der Waals surface area contributed by atoms with Gasteiger partial charge in [0.2, 0.25) is 0 Å². The third-order valence-corrected chi connectivity index (χ3v) is 4.64. The minimum absolute atomic E-state index is 0.150. The lowest BCUT2D eigenvalue weighted by molar-refractivity contribution is -0.149. The Morgan fingerprint density at radius 1 is 1.35 bits per heavy atom. The monoisotopic (exact) mass is 240 g/mol. The molecule has 1 saturated heterocycles. The summed E-state index contributed by atoms with van der Waals surface area (Å²) in [6, 6.07) is 0. The number of hydrogen-bond donors (Lipinski definition) is 0. The van der Waals surface area contributed by atoms with Crippen LogP contribution in [-0.2, 0) is 14.3 Å². The molecule has 1 aliphatic carbocycles. The van der Waals surface area contributed by atoms with E-state index in [1.807, 2.05) is 13.8 Å². The molecule has 0 N–H and O–H groups in total.